The van der Waals surface area contributed by atoms with Crippen LogP contribution in [0.2, 0.25) is 0 Å². The van der Waals surface area contributed by atoms with Gasteiger partial charge in [-0.05, 0) is 18.8 Å². The molecule has 1 nitrogen and oxygen atoms in total. The molecular formula is C7H11N. The second kappa shape index (κ2) is 1.51. The fourth-order valence-corrected chi connectivity index (χ4v) is 0.793. The lowest BCUT2D eigenvalue weighted by atomic mass is 10.4. The Morgan fingerprint density at radius 1 is 1.62 bits per heavy atom. The molecule has 1 saturated carbocycles. The van der Waals surface area contributed by atoms with Crippen LogP contribution in [0.5, 0.6) is 0 Å². The number of rotatable bonds is 3. The highest BCUT2D eigenvalue weighted by Crippen LogP contribution is 2.28. The van der Waals surface area contributed by atoms with Gasteiger partial charge in [-0.3, -0.25) is 0 Å². The molecule has 0 amide bonds. The predicted octanol–water partition coefficient (Wildman–Crippen LogP) is 1.27. The van der Waals surface area contributed by atoms with Gasteiger partial charge in [-0.1, -0.05) is 6.08 Å². The zero-order valence-electron chi connectivity index (χ0n) is 4.98. The van der Waals surface area contributed by atoms with Gasteiger partial charge in [0.05, 0.1) is 0 Å². The fourth-order valence-electron chi connectivity index (χ4n) is 0.793. The molecule has 1 heteroatoms. The van der Waals surface area contributed by atoms with Crippen LogP contribution in [0.25, 0.3) is 0 Å². The molecule has 0 aromatic heterocycles. The second-order valence-corrected chi connectivity index (χ2v) is 2.76. The normalized spacial score (nSPS) is 24.8. The highest BCUT2D eigenvalue weighted by atomic mass is 14.9. The van der Waals surface area contributed by atoms with E-state index < -0.39 is 0 Å². The second-order valence-electron chi connectivity index (χ2n) is 2.76. The van der Waals surface area contributed by atoms with E-state index >= 15 is 0 Å². The van der Waals surface area contributed by atoms with Crippen molar-refractivity contribution in [2.75, 3.05) is 6.54 Å². The lowest BCUT2D eigenvalue weighted by Gasteiger charge is -1.95. The monoisotopic (exact) mass is 109 g/mol. The van der Waals surface area contributed by atoms with Crippen molar-refractivity contribution in [1.29, 1.82) is 0 Å². The van der Waals surface area contributed by atoms with Gasteiger partial charge in [0, 0.05) is 18.7 Å². The maximum Gasteiger partial charge on any atom is 0.0172 e. The molecule has 1 fully saturated rings. The molecule has 8 heavy (non-hydrogen) atoms. The van der Waals surface area contributed by atoms with Gasteiger partial charge in [-0.25, -0.2) is 0 Å². The van der Waals surface area contributed by atoms with Gasteiger partial charge in [0.2, 0.25) is 0 Å². The first-order valence-corrected chi connectivity index (χ1v) is 3.38. The Labute approximate surface area is 49.8 Å². The molecule has 0 saturated heterocycles. The van der Waals surface area contributed by atoms with Gasteiger partial charge in [0.25, 0.3) is 0 Å². The lowest BCUT2D eigenvalue weighted by Crippen LogP contribution is -2.10. The molecule has 0 heterocycles. The number of hydrogen-bond donors (Lipinski definition) is 1. The summed E-state index contributed by atoms with van der Waals surface area (Å²) in [5.74, 6) is 1.02. The van der Waals surface area contributed by atoms with Crippen LogP contribution in [-0.4, -0.2) is 6.54 Å². The largest absolute Gasteiger partial charge is 0.388 e. The molecule has 0 bridgehead atoms. The SMILES string of the molecule is C1=C(NCC2CC2)C1. The average molecular weight is 109 g/mol. The van der Waals surface area contributed by atoms with E-state index in [0.29, 0.717) is 0 Å². The molecule has 2 rings (SSSR count). The third-order valence-electron chi connectivity index (χ3n) is 1.72. The number of hydrogen-bond acceptors (Lipinski definition) is 1. The van der Waals surface area contributed by atoms with Gasteiger partial charge in [-0.2, -0.15) is 0 Å². The van der Waals surface area contributed by atoms with E-state index in [2.05, 4.69) is 11.4 Å². The summed E-state index contributed by atoms with van der Waals surface area (Å²) in [7, 11) is 0. The molecule has 0 unspecified atom stereocenters. The minimum absolute atomic E-state index is 1.02. The quantitative estimate of drug-likeness (QED) is 0.575. The highest BCUT2D eigenvalue weighted by Gasteiger charge is 2.21. The summed E-state index contributed by atoms with van der Waals surface area (Å²) in [6.07, 6.45) is 6.38. The summed E-state index contributed by atoms with van der Waals surface area (Å²) in [5.41, 5.74) is 1.47. The topological polar surface area (TPSA) is 12.0 Å². The van der Waals surface area contributed by atoms with Crippen molar-refractivity contribution in [3.63, 3.8) is 0 Å². The summed E-state index contributed by atoms with van der Waals surface area (Å²) < 4.78 is 0. The van der Waals surface area contributed by atoms with E-state index in [-0.39, 0.29) is 0 Å². The van der Waals surface area contributed by atoms with Gasteiger partial charge in [0.1, 0.15) is 0 Å². The predicted molar refractivity (Wildman–Crippen MR) is 33.4 cm³/mol. The first-order valence-electron chi connectivity index (χ1n) is 3.38. The number of nitrogens with one attached hydrogen (secondary N) is 1. The van der Waals surface area contributed by atoms with Crippen molar-refractivity contribution < 1.29 is 0 Å². The third-order valence-corrected chi connectivity index (χ3v) is 1.72. The summed E-state index contributed by atoms with van der Waals surface area (Å²) in [6, 6.07) is 0. The maximum atomic E-state index is 3.38. The molecule has 0 aromatic carbocycles. The van der Waals surface area contributed by atoms with E-state index in [9.17, 15) is 0 Å². The van der Waals surface area contributed by atoms with Crippen molar-refractivity contribution in [2.24, 2.45) is 5.92 Å². The van der Waals surface area contributed by atoms with E-state index in [4.69, 9.17) is 0 Å². The third kappa shape index (κ3) is 1.03. The Morgan fingerprint density at radius 3 is 2.88 bits per heavy atom. The molecule has 44 valence electrons. The van der Waals surface area contributed by atoms with Crippen molar-refractivity contribution in [1.82, 2.24) is 5.32 Å². The zero-order chi connectivity index (χ0) is 5.40. The molecule has 0 aliphatic heterocycles. The summed E-state index contributed by atoms with van der Waals surface area (Å²) in [6.45, 7) is 1.24. The molecule has 0 aromatic rings. The van der Waals surface area contributed by atoms with E-state index in [0.717, 1.165) is 5.92 Å². The fraction of sp³-hybridized carbons (Fsp3) is 0.714. The lowest BCUT2D eigenvalue weighted by molar-refractivity contribution is 0.729. The first-order chi connectivity index (χ1) is 3.95. The van der Waals surface area contributed by atoms with Crippen LogP contribution in [0, 0.1) is 5.92 Å². The molecule has 1 N–H and O–H groups in total. The summed E-state index contributed by atoms with van der Waals surface area (Å²) >= 11 is 0. The Kier molecular flexibility index (Phi) is 0.833. The Hall–Kier alpha value is -0.460. The van der Waals surface area contributed by atoms with Gasteiger partial charge in [0.15, 0.2) is 0 Å². The smallest absolute Gasteiger partial charge is 0.0172 e. The standard InChI is InChI=1S/C7H11N/c1-2-6(1)5-8-7-3-4-7/h3,6,8H,1-2,4-5H2. The minimum atomic E-state index is 1.02. The van der Waals surface area contributed by atoms with Crippen LogP contribution in [0.3, 0.4) is 0 Å². The van der Waals surface area contributed by atoms with Crippen molar-refractivity contribution in [3.8, 4) is 0 Å². The molecule has 2 aliphatic carbocycles. The molecule has 0 radical (unpaired) electrons. The van der Waals surface area contributed by atoms with Crippen LogP contribution >= 0.6 is 0 Å². The first kappa shape index (κ1) is 4.42. The summed E-state index contributed by atoms with van der Waals surface area (Å²) in [5, 5.41) is 3.38. The van der Waals surface area contributed by atoms with E-state index in [1.165, 1.54) is 31.5 Å². The van der Waals surface area contributed by atoms with Crippen LogP contribution in [0.1, 0.15) is 19.3 Å². The van der Waals surface area contributed by atoms with Crippen LogP contribution in [0.4, 0.5) is 0 Å². The van der Waals surface area contributed by atoms with Crippen molar-refractivity contribution in [2.45, 2.75) is 19.3 Å². The highest BCUT2D eigenvalue weighted by molar-refractivity contribution is 5.19. The molecule has 0 spiro atoms. The van der Waals surface area contributed by atoms with Crippen LogP contribution in [-0.2, 0) is 0 Å². The average Bonchev–Trinajstić information content (AvgIpc) is 2.60. The molecule has 2 aliphatic rings. The zero-order valence-corrected chi connectivity index (χ0v) is 4.98. The van der Waals surface area contributed by atoms with Gasteiger partial charge < -0.3 is 5.32 Å². The van der Waals surface area contributed by atoms with Crippen LogP contribution in [0.15, 0.2) is 11.8 Å². The van der Waals surface area contributed by atoms with E-state index in [1.54, 1.807) is 0 Å². The van der Waals surface area contributed by atoms with Gasteiger partial charge in [-0.15, -0.1) is 0 Å². The number of allylic oxidation sites excluding steroid dienone is 2. The van der Waals surface area contributed by atoms with Gasteiger partial charge >= 0.3 is 0 Å². The Bertz CT molecular complexity index is 122. The Morgan fingerprint density at radius 2 is 2.38 bits per heavy atom. The van der Waals surface area contributed by atoms with Crippen molar-refractivity contribution >= 4 is 0 Å². The maximum absolute atomic E-state index is 3.38. The van der Waals surface area contributed by atoms with Crippen LogP contribution < -0.4 is 5.32 Å². The minimum Gasteiger partial charge on any atom is -0.388 e. The van der Waals surface area contributed by atoms with Crippen molar-refractivity contribution in [3.05, 3.63) is 11.8 Å². The summed E-state index contributed by atoms with van der Waals surface area (Å²) in [4.78, 5) is 0. The van der Waals surface area contributed by atoms with E-state index in [1.807, 2.05) is 0 Å². The molecular weight excluding hydrogens is 98.1 g/mol. The molecule has 0 atom stereocenters. The Balaban J connectivity index is 1.62.